The number of rotatable bonds is 3. The van der Waals surface area contributed by atoms with E-state index in [1.165, 1.54) is 25.7 Å². The highest BCUT2D eigenvalue weighted by atomic mass is 35.5. The monoisotopic (exact) mass is 239 g/mol. The van der Waals surface area contributed by atoms with Gasteiger partial charge in [-0.15, -0.1) is 12.4 Å². The van der Waals surface area contributed by atoms with E-state index in [0.29, 0.717) is 6.04 Å². The molecule has 0 heterocycles. The van der Waals surface area contributed by atoms with Crippen molar-refractivity contribution >= 4 is 23.9 Å². The van der Waals surface area contributed by atoms with Gasteiger partial charge in [0.2, 0.25) is 0 Å². The zero-order chi connectivity index (χ0) is 10.7. The van der Waals surface area contributed by atoms with E-state index in [1.807, 2.05) is 24.3 Å². The van der Waals surface area contributed by atoms with Gasteiger partial charge >= 0.3 is 0 Å². The number of hydrogen-bond acceptors (Lipinski definition) is 2. The number of hydrogen-bond donors (Lipinski definition) is 3. The lowest BCUT2D eigenvalue weighted by Crippen LogP contribution is -2.15. The summed E-state index contributed by atoms with van der Waals surface area (Å²) in [6, 6.07) is 8.40. The number of anilines is 1. The van der Waals surface area contributed by atoms with Crippen LogP contribution in [0, 0.1) is 5.41 Å². The van der Waals surface area contributed by atoms with Crippen molar-refractivity contribution in [3.8, 4) is 0 Å². The Balaban J connectivity index is 0.00000128. The molecule has 4 heteroatoms. The molecule has 0 unspecified atom stereocenters. The van der Waals surface area contributed by atoms with E-state index in [4.69, 9.17) is 11.1 Å². The molecule has 1 saturated carbocycles. The number of benzene rings is 1. The molecule has 0 spiro atoms. The first-order chi connectivity index (χ1) is 7.25. The number of nitrogens with two attached hydrogens (primary N) is 1. The first-order valence-electron chi connectivity index (χ1n) is 5.47. The van der Waals surface area contributed by atoms with Gasteiger partial charge in [-0.25, -0.2) is 0 Å². The van der Waals surface area contributed by atoms with Crippen molar-refractivity contribution in [2.24, 2.45) is 5.73 Å². The second kappa shape index (κ2) is 5.75. The van der Waals surface area contributed by atoms with Crippen LogP contribution in [0.15, 0.2) is 24.3 Å². The molecule has 2 rings (SSSR count). The maximum Gasteiger partial charge on any atom is 0.122 e. The van der Waals surface area contributed by atoms with E-state index < -0.39 is 0 Å². The summed E-state index contributed by atoms with van der Waals surface area (Å²) >= 11 is 0. The largest absolute Gasteiger partial charge is 0.384 e. The summed E-state index contributed by atoms with van der Waals surface area (Å²) in [5.74, 6) is 0.127. The minimum atomic E-state index is 0. The van der Waals surface area contributed by atoms with Crippen LogP contribution in [0.4, 0.5) is 5.69 Å². The molecule has 0 aromatic heterocycles. The minimum Gasteiger partial charge on any atom is -0.384 e. The molecule has 1 fully saturated rings. The second-order valence-electron chi connectivity index (χ2n) is 4.12. The summed E-state index contributed by atoms with van der Waals surface area (Å²) in [6.45, 7) is 0. The minimum absolute atomic E-state index is 0. The molecule has 1 aromatic carbocycles. The van der Waals surface area contributed by atoms with Gasteiger partial charge in [-0.3, -0.25) is 5.41 Å². The van der Waals surface area contributed by atoms with Gasteiger partial charge in [-0.2, -0.15) is 0 Å². The van der Waals surface area contributed by atoms with Gasteiger partial charge in [0, 0.05) is 17.3 Å². The van der Waals surface area contributed by atoms with Crippen molar-refractivity contribution in [1.82, 2.24) is 0 Å². The smallest absolute Gasteiger partial charge is 0.122 e. The second-order valence-corrected chi connectivity index (χ2v) is 4.12. The highest BCUT2D eigenvalue weighted by Gasteiger charge is 2.14. The van der Waals surface area contributed by atoms with Crippen molar-refractivity contribution in [3.05, 3.63) is 29.8 Å². The van der Waals surface area contributed by atoms with Crippen molar-refractivity contribution in [2.75, 3.05) is 5.32 Å². The average molecular weight is 240 g/mol. The molecular formula is C12H18ClN3. The summed E-state index contributed by atoms with van der Waals surface area (Å²) in [6.07, 6.45) is 5.22. The Morgan fingerprint density at radius 2 is 1.75 bits per heavy atom. The zero-order valence-electron chi connectivity index (χ0n) is 9.20. The lowest BCUT2D eigenvalue weighted by atomic mass is 10.1. The molecule has 4 N–H and O–H groups in total. The summed E-state index contributed by atoms with van der Waals surface area (Å²) in [5.41, 5.74) is 7.31. The average Bonchev–Trinajstić information content (AvgIpc) is 2.71. The number of halogens is 1. The van der Waals surface area contributed by atoms with Crippen molar-refractivity contribution in [2.45, 2.75) is 31.7 Å². The van der Waals surface area contributed by atoms with Gasteiger partial charge in [-0.1, -0.05) is 12.8 Å². The highest BCUT2D eigenvalue weighted by Crippen LogP contribution is 2.22. The maximum atomic E-state index is 7.29. The Morgan fingerprint density at radius 1 is 1.19 bits per heavy atom. The van der Waals surface area contributed by atoms with Crippen LogP contribution >= 0.6 is 12.4 Å². The molecule has 1 aliphatic carbocycles. The molecule has 16 heavy (non-hydrogen) atoms. The Hall–Kier alpha value is -1.22. The fraction of sp³-hybridized carbons (Fsp3) is 0.417. The zero-order valence-corrected chi connectivity index (χ0v) is 10.0. The summed E-state index contributed by atoms with van der Waals surface area (Å²) in [7, 11) is 0. The van der Waals surface area contributed by atoms with Gasteiger partial charge in [0.1, 0.15) is 5.84 Å². The molecule has 0 radical (unpaired) electrons. The SMILES string of the molecule is Cl.N=C(N)c1ccc(NC2CCCC2)cc1. The Labute approximate surface area is 102 Å². The summed E-state index contributed by atoms with van der Waals surface area (Å²) in [4.78, 5) is 0. The maximum absolute atomic E-state index is 7.29. The van der Waals surface area contributed by atoms with E-state index in [0.717, 1.165) is 11.3 Å². The van der Waals surface area contributed by atoms with Crippen molar-refractivity contribution in [3.63, 3.8) is 0 Å². The van der Waals surface area contributed by atoms with Crippen LogP contribution in [-0.4, -0.2) is 11.9 Å². The number of nitrogens with one attached hydrogen (secondary N) is 2. The lowest BCUT2D eigenvalue weighted by molar-refractivity contribution is 0.755. The molecule has 0 aliphatic heterocycles. The third-order valence-electron chi connectivity index (χ3n) is 2.92. The van der Waals surface area contributed by atoms with Crippen LogP contribution in [0.3, 0.4) is 0 Å². The Morgan fingerprint density at radius 3 is 2.25 bits per heavy atom. The van der Waals surface area contributed by atoms with E-state index in [-0.39, 0.29) is 18.2 Å². The molecule has 0 atom stereocenters. The fourth-order valence-electron chi connectivity index (χ4n) is 2.05. The summed E-state index contributed by atoms with van der Waals surface area (Å²) < 4.78 is 0. The van der Waals surface area contributed by atoms with Crippen molar-refractivity contribution < 1.29 is 0 Å². The molecule has 1 aliphatic rings. The van der Waals surface area contributed by atoms with E-state index >= 15 is 0 Å². The third kappa shape index (κ3) is 3.14. The molecule has 0 amide bonds. The summed E-state index contributed by atoms with van der Waals surface area (Å²) in [5, 5.41) is 10.8. The van der Waals surface area contributed by atoms with Gasteiger partial charge < -0.3 is 11.1 Å². The molecule has 88 valence electrons. The van der Waals surface area contributed by atoms with Crippen molar-refractivity contribution in [1.29, 1.82) is 5.41 Å². The fourth-order valence-corrected chi connectivity index (χ4v) is 2.05. The van der Waals surface area contributed by atoms with Gasteiger partial charge in [0.25, 0.3) is 0 Å². The normalized spacial score (nSPS) is 15.5. The lowest BCUT2D eigenvalue weighted by Gasteiger charge is -2.13. The first kappa shape index (κ1) is 12.8. The van der Waals surface area contributed by atoms with Gasteiger partial charge in [0.05, 0.1) is 0 Å². The van der Waals surface area contributed by atoms with Crippen LogP contribution in [0.25, 0.3) is 0 Å². The molecule has 0 bridgehead atoms. The first-order valence-corrected chi connectivity index (χ1v) is 5.47. The van der Waals surface area contributed by atoms with Crippen LogP contribution in [0.5, 0.6) is 0 Å². The number of amidine groups is 1. The van der Waals surface area contributed by atoms with E-state index in [1.54, 1.807) is 0 Å². The predicted molar refractivity (Wildman–Crippen MR) is 70.6 cm³/mol. The standard InChI is InChI=1S/C12H17N3.ClH/c13-12(14)9-5-7-11(8-6-9)15-10-3-1-2-4-10;/h5-8,10,15H,1-4H2,(H3,13,14);1H. The predicted octanol–water partition coefficient (Wildman–Crippen LogP) is 2.75. The molecule has 1 aromatic rings. The van der Waals surface area contributed by atoms with Crippen LogP contribution in [-0.2, 0) is 0 Å². The topological polar surface area (TPSA) is 61.9 Å². The third-order valence-corrected chi connectivity index (χ3v) is 2.92. The Bertz CT molecular complexity index is 342. The Kier molecular flexibility index (Phi) is 4.62. The molecule has 3 nitrogen and oxygen atoms in total. The number of nitrogen functional groups attached to an aromatic ring is 1. The van der Waals surface area contributed by atoms with Crippen LogP contribution in [0.2, 0.25) is 0 Å². The van der Waals surface area contributed by atoms with Gasteiger partial charge in [0.15, 0.2) is 0 Å². The highest BCUT2D eigenvalue weighted by molar-refractivity contribution is 5.95. The van der Waals surface area contributed by atoms with E-state index in [2.05, 4.69) is 5.32 Å². The van der Waals surface area contributed by atoms with E-state index in [9.17, 15) is 0 Å². The molecular weight excluding hydrogens is 222 g/mol. The van der Waals surface area contributed by atoms with Crippen LogP contribution < -0.4 is 11.1 Å². The van der Waals surface area contributed by atoms with Crippen LogP contribution in [0.1, 0.15) is 31.2 Å². The van der Waals surface area contributed by atoms with Gasteiger partial charge in [-0.05, 0) is 37.1 Å². The quantitative estimate of drug-likeness (QED) is 0.561. The molecule has 0 saturated heterocycles.